The summed E-state index contributed by atoms with van der Waals surface area (Å²) in [6.45, 7) is 3.94. The average Bonchev–Trinajstić information content (AvgIpc) is 4.04. The van der Waals surface area contributed by atoms with E-state index in [0.717, 1.165) is 11.0 Å². The molecule has 7 atom stereocenters. The Bertz CT molecular complexity index is 2080. The molecule has 2 saturated carbocycles. The molecule has 2 bridgehead atoms. The lowest BCUT2D eigenvalue weighted by Gasteiger charge is -2.35. The molecule has 5 aliphatic rings. The van der Waals surface area contributed by atoms with Crippen LogP contribution in [0.3, 0.4) is 0 Å². The Kier molecular flexibility index (Phi) is 10.6. The van der Waals surface area contributed by atoms with Crippen molar-refractivity contribution in [1.29, 1.82) is 0 Å². The van der Waals surface area contributed by atoms with Crippen molar-refractivity contribution in [3.63, 3.8) is 0 Å². The van der Waals surface area contributed by atoms with Crippen molar-refractivity contribution in [2.75, 3.05) is 26.4 Å². The van der Waals surface area contributed by atoms with E-state index >= 15 is 8.78 Å². The summed E-state index contributed by atoms with van der Waals surface area (Å²) in [5, 5.41) is 3.98. The Morgan fingerprint density at radius 1 is 1.04 bits per heavy atom. The van der Waals surface area contributed by atoms with E-state index in [1.165, 1.54) is 12.1 Å². The lowest BCUT2D eigenvalue weighted by Crippen LogP contribution is -2.60. The number of nitrogens with zero attached hydrogens (tertiary/aromatic N) is 3. The van der Waals surface area contributed by atoms with Gasteiger partial charge < -0.3 is 34.5 Å². The largest absolute Gasteiger partial charge is 0.471 e. The smallest absolute Gasteiger partial charge is 0.408 e. The molecule has 2 saturated heterocycles. The second-order valence-electron chi connectivity index (χ2n) is 16.0. The number of amides is 4. The van der Waals surface area contributed by atoms with E-state index in [-0.39, 0.29) is 43.7 Å². The van der Waals surface area contributed by atoms with Gasteiger partial charge in [0.05, 0.1) is 48.6 Å². The van der Waals surface area contributed by atoms with E-state index in [4.69, 9.17) is 18.9 Å². The van der Waals surface area contributed by atoms with Gasteiger partial charge in [-0.25, -0.2) is 32.0 Å². The minimum atomic E-state index is -4.21. The number of carbonyl (C=O) groups is 4. The Labute approximate surface area is 324 Å². The molecule has 2 aromatic rings. The number of alkyl halides is 4. The lowest BCUT2D eigenvalue weighted by molar-refractivity contribution is -0.143. The number of ether oxygens (including phenoxy) is 4. The molecule has 1 aromatic carbocycles. The Morgan fingerprint density at radius 2 is 1.72 bits per heavy atom. The van der Waals surface area contributed by atoms with Crippen molar-refractivity contribution in [2.24, 2.45) is 11.3 Å². The number of fused-ring (bicyclic) bond motifs is 5. The molecule has 0 unspecified atom stereocenters. The van der Waals surface area contributed by atoms with Crippen LogP contribution >= 0.6 is 0 Å². The molecule has 7 rings (SSSR count). The van der Waals surface area contributed by atoms with Crippen LogP contribution in [-0.2, 0) is 44.5 Å². The Balaban J connectivity index is 1.26. The summed E-state index contributed by atoms with van der Waals surface area (Å²) in [5.74, 6) is -9.52. The van der Waals surface area contributed by atoms with E-state index in [2.05, 4.69) is 20.6 Å². The molecule has 4 amide bonds. The van der Waals surface area contributed by atoms with Crippen LogP contribution in [0.25, 0.3) is 11.0 Å². The topological polar surface area (TPSA) is 204 Å². The molecule has 16 nitrogen and oxygen atoms in total. The number of nitrogens with one attached hydrogen (secondary N) is 3. The molecule has 3 aliphatic heterocycles. The highest BCUT2D eigenvalue weighted by Crippen LogP contribution is 2.48. The summed E-state index contributed by atoms with van der Waals surface area (Å²) in [7, 11) is -4.21. The van der Waals surface area contributed by atoms with Crippen LogP contribution in [-0.4, -0.2) is 121 Å². The van der Waals surface area contributed by atoms with Crippen LogP contribution in [0.4, 0.5) is 22.4 Å². The van der Waals surface area contributed by atoms with Gasteiger partial charge in [-0.3, -0.25) is 19.1 Å². The molecular formula is C36H42F4N6O10S. The first-order valence-corrected chi connectivity index (χ1v) is 20.0. The van der Waals surface area contributed by atoms with E-state index < -0.39 is 130 Å². The number of para-hydroxylation sites is 2. The van der Waals surface area contributed by atoms with E-state index in [9.17, 15) is 36.4 Å². The zero-order valence-electron chi connectivity index (χ0n) is 31.1. The standard InChI is InChI=1S/C36H42F4N6O10S/c1-34(2,3)27-31(48)46-15-18(13-23(46)29(47)44-35(14-20(35)28(37)38)32(49)45-57(51,52)19-9-10-19)55-30-26(41-21-7-4-5-8-22(21)42-30)36(39,40)11-6-12-54-24-16-53-17-25(24)56-33(50)43-27/h4-8,11,18-20,23-25,27-28H,9-10,12-17H2,1-3H3,(H,43,50)(H,44,47)(H,45,49)/b11-6+/t18-,20+,23+,24-,25-,27-,35-/m1/s1. The van der Waals surface area contributed by atoms with Gasteiger partial charge in [0.25, 0.3) is 5.91 Å². The molecule has 4 fully saturated rings. The fraction of sp³-hybridized carbons (Fsp3) is 0.611. The fourth-order valence-corrected chi connectivity index (χ4v) is 8.56. The van der Waals surface area contributed by atoms with Gasteiger partial charge in [-0.1, -0.05) is 39.0 Å². The van der Waals surface area contributed by atoms with Crippen molar-refractivity contribution in [3.8, 4) is 5.88 Å². The normalized spacial score (nSPS) is 31.2. The summed E-state index contributed by atoms with van der Waals surface area (Å²) < 4.78 is 110. The average molecular weight is 827 g/mol. The molecule has 2 aliphatic carbocycles. The van der Waals surface area contributed by atoms with Crippen LogP contribution in [0.15, 0.2) is 36.4 Å². The maximum Gasteiger partial charge on any atom is 0.408 e. The number of hydrogen-bond donors (Lipinski definition) is 3. The molecule has 310 valence electrons. The second-order valence-corrected chi connectivity index (χ2v) is 17.9. The molecule has 0 spiro atoms. The zero-order chi connectivity index (χ0) is 41.1. The fourth-order valence-electron chi connectivity index (χ4n) is 7.19. The van der Waals surface area contributed by atoms with Gasteiger partial charge in [-0.15, -0.1) is 0 Å². The summed E-state index contributed by atoms with van der Waals surface area (Å²) in [5.41, 5.74) is -3.99. The third-order valence-corrected chi connectivity index (χ3v) is 12.4. The lowest BCUT2D eigenvalue weighted by atomic mass is 9.85. The first-order chi connectivity index (χ1) is 26.8. The first-order valence-electron chi connectivity index (χ1n) is 18.4. The molecule has 3 N–H and O–H groups in total. The quantitative estimate of drug-likeness (QED) is 0.284. The van der Waals surface area contributed by atoms with Crippen LogP contribution < -0.4 is 20.1 Å². The molecular weight excluding hydrogens is 784 g/mol. The number of hydrogen-bond acceptors (Lipinski definition) is 12. The van der Waals surface area contributed by atoms with Gasteiger partial charge in [0.2, 0.25) is 34.1 Å². The maximum absolute atomic E-state index is 16.0. The number of halogens is 4. The van der Waals surface area contributed by atoms with Crippen molar-refractivity contribution in [3.05, 3.63) is 42.1 Å². The predicted molar refractivity (Wildman–Crippen MR) is 189 cm³/mol. The van der Waals surface area contributed by atoms with Crippen molar-refractivity contribution in [2.45, 2.75) is 100.0 Å². The molecule has 0 radical (unpaired) electrons. The number of aromatic nitrogens is 2. The molecule has 1 aromatic heterocycles. The number of carbonyl (C=O) groups excluding carboxylic acids is 4. The predicted octanol–water partition coefficient (Wildman–Crippen LogP) is 2.31. The third-order valence-electron chi connectivity index (χ3n) is 10.6. The van der Waals surface area contributed by atoms with Crippen LogP contribution in [0.1, 0.15) is 52.1 Å². The maximum atomic E-state index is 16.0. The monoisotopic (exact) mass is 826 g/mol. The number of benzene rings is 1. The van der Waals surface area contributed by atoms with Gasteiger partial charge in [0, 0.05) is 6.42 Å². The van der Waals surface area contributed by atoms with Crippen LogP contribution in [0, 0.1) is 11.3 Å². The van der Waals surface area contributed by atoms with Gasteiger partial charge in [0.1, 0.15) is 29.8 Å². The van der Waals surface area contributed by atoms with E-state index in [0.29, 0.717) is 6.08 Å². The number of alkyl carbamates (subject to hydrolysis) is 1. The van der Waals surface area contributed by atoms with Crippen LogP contribution in [0.5, 0.6) is 5.88 Å². The molecule has 57 heavy (non-hydrogen) atoms. The van der Waals surface area contributed by atoms with Crippen LogP contribution in [0.2, 0.25) is 0 Å². The highest BCUT2D eigenvalue weighted by Gasteiger charge is 2.67. The van der Waals surface area contributed by atoms with Crippen molar-refractivity contribution >= 4 is 44.9 Å². The minimum Gasteiger partial charge on any atom is -0.471 e. The summed E-state index contributed by atoms with van der Waals surface area (Å²) in [6, 6.07) is 3.17. The van der Waals surface area contributed by atoms with Gasteiger partial charge in [-0.2, -0.15) is 8.78 Å². The first kappa shape index (κ1) is 40.6. The number of sulfonamides is 1. The summed E-state index contributed by atoms with van der Waals surface area (Å²) in [4.78, 5) is 64.9. The number of allylic oxidation sites excluding steroid dienone is 1. The van der Waals surface area contributed by atoms with E-state index in [1.807, 2.05) is 4.72 Å². The number of rotatable bonds is 6. The summed E-state index contributed by atoms with van der Waals surface area (Å²) in [6.07, 6.45) is -6.18. The molecule has 21 heteroatoms. The van der Waals surface area contributed by atoms with Gasteiger partial charge in [0.15, 0.2) is 11.8 Å². The summed E-state index contributed by atoms with van der Waals surface area (Å²) >= 11 is 0. The third kappa shape index (κ3) is 8.36. The SMILES string of the molecule is CC(C)(C)[C@@H]1NC(=O)O[C@@H]2COC[C@H]2OC/C=C/C(F)(F)c2nc3ccccc3nc2O[C@@H]2C[C@@H](C(=O)N[C@]3(C(=O)NS(=O)(=O)C4CC4)C[C@H]3C(F)F)N(C2)C1=O. The Hall–Kier alpha value is -4.63. The van der Waals surface area contributed by atoms with Crippen molar-refractivity contribution in [1.82, 2.24) is 30.2 Å². The second kappa shape index (κ2) is 14.9. The van der Waals surface area contributed by atoms with E-state index in [1.54, 1.807) is 32.9 Å². The Morgan fingerprint density at radius 3 is 2.37 bits per heavy atom. The molecule has 4 heterocycles. The van der Waals surface area contributed by atoms with Crippen molar-refractivity contribution < 1.29 is 64.1 Å². The highest BCUT2D eigenvalue weighted by molar-refractivity contribution is 7.91. The highest BCUT2D eigenvalue weighted by atomic mass is 32.2. The van der Waals surface area contributed by atoms with Gasteiger partial charge in [-0.05, 0) is 42.9 Å². The zero-order valence-corrected chi connectivity index (χ0v) is 31.9. The van der Waals surface area contributed by atoms with Gasteiger partial charge >= 0.3 is 12.0 Å². The minimum absolute atomic E-state index is 0.0254.